The molecule has 2 N–H and O–H groups in total. The largest absolute Gasteiger partial charge is 0.444 e. The minimum Gasteiger partial charge on any atom is -0.444 e. The molecule has 3 amide bonds. The third-order valence-corrected chi connectivity index (χ3v) is 8.17. The van der Waals surface area contributed by atoms with Gasteiger partial charge in [-0.2, -0.15) is 5.10 Å². The number of fused-ring (bicyclic) bond motifs is 1. The summed E-state index contributed by atoms with van der Waals surface area (Å²) in [7, 11) is 0. The number of aromatic amines is 1. The second kappa shape index (κ2) is 8.08. The molecule has 2 saturated carbocycles. The summed E-state index contributed by atoms with van der Waals surface area (Å²) in [5.74, 6) is 0.267. The summed E-state index contributed by atoms with van der Waals surface area (Å²) in [5.41, 5.74) is 2.01. The van der Waals surface area contributed by atoms with Gasteiger partial charge in [0.2, 0.25) is 11.8 Å². The summed E-state index contributed by atoms with van der Waals surface area (Å²) in [6.07, 6.45) is 6.56. The first-order valence-electron chi connectivity index (χ1n) is 12.8. The molecule has 2 aromatic rings. The molecule has 6 rings (SSSR count). The standard InChI is InChI=1S/C27H33N5O4/c1-26(2,3)36-25(35)31-9-8-27(15-31)12-20(27)24(34)32-21-10-17(21)11-22(32)23(33)30-19-6-4-16(5-7-19)18-13-28-29-14-18/h4-7,13-14,17,20-22H,8-12,15H2,1-3H3,(H,28,29)(H,30,33)/t17-,20+,21-,22+,27+/m1/s1. The number of ether oxygens (including phenoxy) is 1. The number of amides is 3. The second-order valence-corrected chi connectivity index (χ2v) is 11.9. The number of rotatable bonds is 4. The van der Waals surface area contributed by atoms with E-state index >= 15 is 0 Å². The predicted molar refractivity (Wildman–Crippen MR) is 133 cm³/mol. The van der Waals surface area contributed by atoms with Gasteiger partial charge in [0.1, 0.15) is 11.6 Å². The SMILES string of the molecule is CC(C)(C)OC(=O)N1CC[C@]2(C[C@H]2C(=O)N2[C@@H]3C[C@@H]3C[C@H]2C(=O)Nc2ccc(-c3cn[nH]c3)cc2)C1. The third-order valence-electron chi connectivity index (χ3n) is 8.17. The molecular formula is C27H33N5O4. The van der Waals surface area contributed by atoms with Gasteiger partial charge in [0, 0.05) is 47.9 Å². The molecule has 2 aliphatic carbocycles. The highest BCUT2D eigenvalue weighted by Gasteiger charge is 2.66. The van der Waals surface area contributed by atoms with E-state index in [1.54, 1.807) is 11.1 Å². The molecule has 0 radical (unpaired) electrons. The van der Waals surface area contributed by atoms with Crippen LogP contribution in [-0.4, -0.2) is 68.7 Å². The first-order valence-corrected chi connectivity index (χ1v) is 12.8. The van der Waals surface area contributed by atoms with E-state index in [0.717, 1.165) is 36.8 Å². The van der Waals surface area contributed by atoms with Crippen molar-refractivity contribution in [2.45, 2.75) is 64.1 Å². The molecule has 1 aromatic heterocycles. The van der Waals surface area contributed by atoms with Gasteiger partial charge in [-0.05, 0) is 70.1 Å². The van der Waals surface area contributed by atoms with Crippen LogP contribution < -0.4 is 5.32 Å². The second-order valence-electron chi connectivity index (χ2n) is 11.9. The smallest absolute Gasteiger partial charge is 0.410 e. The van der Waals surface area contributed by atoms with Crippen molar-refractivity contribution in [3.63, 3.8) is 0 Å². The van der Waals surface area contributed by atoms with Crippen molar-refractivity contribution < 1.29 is 19.1 Å². The van der Waals surface area contributed by atoms with Crippen LogP contribution in [0.25, 0.3) is 11.1 Å². The fourth-order valence-electron chi connectivity index (χ4n) is 6.09. The minimum atomic E-state index is -0.539. The summed E-state index contributed by atoms with van der Waals surface area (Å²) in [6, 6.07) is 7.39. The fourth-order valence-corrected chi connectivity index (χ4v) is 6.09. The number of likely N-dealkylation sites (tertiary alicyclic amines) is 2. The Morgan fingerprint density at radius 1 is 1.14 bits per heavy atom. The Bertz CT molecular complexity index is 1190. The van der Waals surface area contributed by atoms with Gasteiger partial charge >= 0.3 is 6.09 Å². The van der Waals surface area contributed by atoms with Crippen LogP contribution in [0.15, 0.2) is 36.7 Å². The van der Waals surface area contributed by atoms with Gasteiger partial charge in [-0.15, -0.1) is 0 Å². The highest BCUT2D eigenvalue weighted by molar-refractivity contribution is 5.99. The van der Waals surface area contributed by atoms with Gasteiger partial charge in [0.05, 0.1) is 6.20 Å². The lowest BCUT2D eigenvalue weighted by atomic mass is 10.0. The monoisotopic (exact) mass is 491 g/mol. The highest BCUT2D eigenvalue weighted by Crippen LogP contribution is 2.61. The molecule has 2 aliphatic heterocycles. The minimum absolute atomic E-state index is 0.0847. The molecule has 5 atom stereocenters. The Kier molecular flexibility index (Phi) is 5.18. The van der Waals surface area contributed by atoms with Crippen molar-refractivity contribution in [2.75, 3.05) is 18.4 Å². The number of hydrogen-bond acceptors (Lipinski definition) is 5. The van der Waals surface area contributed by atoms with Crippen molar-refractivity contribution in [1.82, 2.24) is 20.0 Å². The van der Waals surface area contributed by atoms with Crippen LogP contribution >= 0.6 is 0 Å². The van der Waals surface area contributed by atoms with E-state index in [-0.39, 0.29) is 35.3 Å². The molecule has 9 heteroatoms. The van der Waals surface area contributed by atoms with Crippen molar-refractivity contribution in [3.8, 4) is 11.1 Å². The number of hydrogen-bond donors (Lipinski definition) is 2. The van der Waals surface area contributed by atoms with Crippen LogP contribution in [0.3, 0.4) is 0 Å². The van der Waals surface area contributed by atoms with Crippen LogP contribution in [0.1, 0.15) is 46.5 Å². The van der Waals surface area contributed by atoms with Crippen LogP contribution in [0.5, 0.6) is 0 Å². The van der Waals surface area contributed by atoms with Crippen LogP contribution in [0, 0.1) is 17.3 Å². The molecule has 0 bridgehead atoms. The van der Waals surface area contributed by atoms with Crippen molar-refractivity contribution >= 4 is 23.6 Å². The number of nitrogens with zero attached hydrogens (tertiary/aromatic N) is 3. The lowest BCUT2D eigenvalue weighted by Crippen LogP contribution is -2.46. The quantitative estimate of drug-likeness (QED) is 0.679. The average Bonchev–Trinajstić information content (AvgIpc) is 3.46. The Hall–Kier alpha value is -3.36. The van der Waals surface area contributed by atoms with Gasteiger partial charge in [-0.3, -0.25) is 14.7 Å². The van der Waals surface area contributed by atoms with Gasteiger partial charge in [0.15, 0.2) is 0 Å². The molecule has 1 spiro atoms. The molecule has 9 nitrogen and oxygen atoms in total. The Morgan fingerprint density at radius 2 is 1.92 bits per heavy atom. The summed E-state index contributed by atoms with van der Waals surface area (Å²) in [6.45, 7) is 6.75. The zero-order chi connectivity index (χ0) is 25.2. The number of piperidine rings is 1. The number of nitrogens with one attached hydrogen (secondary N) is 2. The lowest BCUT2D eigenvalue weighted by molar-refractivity contribution is -0.139. The first kappa shape index (κ1) is 23.1. The highest BCUT2D eigenvalue weighted by atomic mass is 16.6. The summed E-state index contributed by atoms with van der Waals surface area (Å²) in [4.78, 5) is 43.0. The van der Waals surface area contributed by atoms with Crippen LogP contribution in [0.4, 0.5) is 10.5 Å². The van der Waals surface area contributed by atoms with Gasteiger partial charge in [-0.25, -0.2) is 4.79 Å². The van der Waals surface area contributed by atoms with E-state index in [1.807, 2.05) is 56.1 Å². The molecule has 3 heterocycles. The van der Waals surface area contributed by atoms with E-state index in [1.165, 1.54) is 0 Å². The van der Waals surface area contributed by atoms with Gasteiger partial charge < -0.3 is 19.9 Å². The van der Waals surface area contributed by atoms with Gasteiger partial charge in [0.25, 0.3) is 0 Å². The Morgan fingerprint density at radius 3 is 2.61 bits per heavy atom. The maximum Gasteiger partial charge on any atom is 0.410 e. The number of aromatic nitrogens is 2. The Labute approximate surface area is 210 Å². The molecule has 36 heavy (non-hydrogen) atoms. The molecule has 0 unspecified atom stereocenters. The van der Waals surface area contributed by atoms with E-state index in [9.17, 15) is 14.4 Å². The lowest BCUT2D eigenvalue weighted by Gasteiger charge is -2.28. The molecular weight excluding hydrogens is 458 g/mol. The summed E-state index contributed by atoms with van der Waals surface area (Å²) >= 11 is 0. The molecule has 4 aliphatic rings. The van der Waals surface area contributed by atoms with Crippen LogP contribution in [0.2, 0.25) is 0 Å². The topological polar surface area (TPSA) is 108 Å². The summed E-state index contributed by atoms with van der Waals surface area (Å²) in [5, 5.41) is 9.79. The molecule has 2 saturated heterocycles. The average molecular weight is 492 g/mol. The molecule has 1 aromatic carbocycles. The zero-order valence-corrected chi connectivity index (χ0v) is 21.0. The first-order chi connectivity index (χ1) is 17.1. The number of carbonyl (C=O) groups excluding carboxylic acids is 3. The summed E-state index contributed by atoms with van der Waals surface area (Å²) < 4.78 is 5.53. The number of benzene rings is 1. The van der Waals surface area contributed by atoms with Gasteiger partial charge in [-0.1, -0.05) is 12.1 Å². The van der Waals surface area contributed by atoms with E-state index in [0.29, 0.717) is 24.7 Å². The van der Waals surface area contributed by atoms with E-state index in [2.05, 4.69) is 15.5 Å². The zero-order valence-electron chi connectivity index (χ0n) is 21.0. The van der Waals surface area contributed by atoms with E-state index < -0.39 is 11.6 Å². The van der Waals surface area contributed by atoms with Crippen LogP contribution in [-0.2, 0) is 14.3 Å². The Balaban J connectivity index is 1.09. The van der Waals surface area contributed by atoms with E-state index in [4.69, 9.17) is 4.74 Å². The number of anilines is 1. The normalized spacial score (nSPS) is 30.3. The van der Waals surface area contributed by atoms with Crippen molar-refractivity contribution in [1.29, 1.82) is 0 Å². The number of H-pyrrole nitrogens is 1. The maximum atomic E-state index is 13.7. The predicted octanol–water partition coefficient (Wildman–Crippen LogP) is 3.65. The van der Waals surface area contributed by atoms with Crippen molar-refractivity contribution in [2.24, 2.45) is 17.3 Å². The molecule has 190 valence electrons. The number of carbonyl (C=O) groups is 3. The van der Waals surface area contributed by atoms with Crippen molar-refractivity contribution in [3.05, 3.63) is 36.7 Å². The maximum absolute atomic E-state index is 13.7. The fraction of sp³-hybridized carbons (Fsp3) is 0.556. The third kappa shape index (κ3) is 4.14. The molecule has 4 fully saturated rings.